The van der Waals surface area contributed by atoms with Crippen molar-refractivity contribution in [2.75, 3.05) is 19.4 Å². The van der Waals surface area contributed by atoms with Crippen molar-refractivity contribution in [1.29, 1.82) is 0 Å². The molecule has 0 saturated heterocycles. The lowest BCUT2D eigenvalue weighted by Crippen LogP contribution is -2.27. The van der Waals surface area contributed by atoms with E-state index in [1.54, 1.807) is 20.3 Å². The Labute approximate surface area is 87.1 Å². The molecule has 0 atom stereocenters. The number of hydrogen-bond acceptors (Lipinski definition) is 2. The first-order chi connectivity index (χ1) is 7.18. The van der Waals surface area contributed by atoms with Crippen molar-refractivity contribution in [2.24, 2.45) is 0 Å². The molecule has 5 nitrogen and oxygen atoms in total. The number of carbonyl (C=O) groups is 1. The average molecular weight is 204 g/mol. The van der Waals surface area contributed by atoms with E-state index in [4.69, 9.17) is 0 Å². The molecule has 0 fully saturated rings. The number of amides is 2. The molecule has 78 valence electrons. The van der Waals surface area contributed by atoms with Crippen LogP contribution in [0.3, 0.4) is 0 Å². The zero-order valence-electron chi connectivity index (χ0n) is 8.61. The van der Waals surface area contributed by atoms with Crippen LogP contribution in [-0.2, 0) is 0 Å². The molecular weight excluding hydrogens is 192 g/mol. The second kappa shape index (κ2) is 3.61. The first kappa shape index (κ1) is 9.51. The highest BCUT2D eigenvalue weighted by atomic mass is 16.2. The number of nitrogens with zero attached hydrogens (tertiary/aromatic N) is 2. The minimum absolute atomic E-state index is 0.149. The van der Waals surface area contributed by atoms with Gasteiger partial charge in [-0.05, 0) is 12.1 Å². The number of carbonyl (C=O) groups excluding carboxylic acids is 1. The summed E-state index contributed by atoms with van der Waals surface area (Å²) in [5, 5.41) is 10.5. The number of fused-ring (bicyclic) bond motifs is 1. The van der Waals surface area contributed by atoms with E-state index in [1.807, 2.05) is 18.2 Å². The minimum atomic E-state index is -0.149. The van der Waals surface area contributed by atoms with Gasteiger partial charge in [-0.15, -0.1) is 0 Å². The minimum Gasteiger partial charge on any atom is -0.331 e. The summed E-state index contributed by atoms with van der Waals surface area (Å²) in [5.41, 5.74) is 1.67. The van der Waals surface area contributed by atoms with Crippen LogP contribution in [0.15, 0.2) is 24.4 Å². The van der Waals surface area contributed by atoms with Crippen LogP contribution in [0, 0.1) is 0 Å². The Kier molecular flexibility index (Phi) is 2.29. The topological polar surface area (TPSA) is 61.0 Å². The summed E-state index contributed by atoms with van der Waals surface area (Å²) < 4.78 is 0. The highest BCUT2D eigenvalue weighted by Crippen LogP contribution is 2.20. The van der Waals surface area contributed by atoms with Gasteiger partial charge in [0, 0.05) is 19.5 Å². The van der Waals surface area contributed by atoms with Crippen LogP contribution in [0.1, 0.15) is 0 Å². The lowest BCUT2D eigenvalue weighted by molar-refractivity contribution is 0.231. The summed E-state index contributed by atoms with van der Waals surface area (Å²) in [5.74, 6) is 0. The van der Waals surface area contributed by atoms with Gasteiger partial charge in [0.05, 0.1) is 17.4 Å². The second-order valence-corrected chi connectivity index (χ2v) is 3.46. The molecule has 0 spiro atoms. The van der Waals surface area contributed by atoms with Gasteiger partial charge in [0.1, 0.15) is 0 Å². The first-order valence-electron chi connectivity index (χ1n) is 4.59. The standard InChI is InChI=1S/C10H12N4O/c1-14(2)10(15)12-8-4-3-5-9-7(8)6-11-13-9/h3-6H,1-2H3,(H,11,13)(H,12,15). The molecule has 0 aliphatic carbocycles. The number of benzene rings is 1. The van der Waals surface area contributed by atoms with Crippen LogP contribution < -0.4 is 5.32 Å². The van der Waals surface area contributed by atoms with E-state index in [0.717, 1.165) is 16.6 Å². The Bertz CT molecular complexity index is 489. The fraction of sp³-hybridized carbons (Fsp3) is 0.200. The van der Waals surface area contributed by atoms with Gasteiger partial charge < -0.3 is 10.2 Å². The summed E-state index contributed by atoms with van der Waals surface area (Å²) in [6.07, 6.45) is 1.70. The molecule has 2 rings (SSSR count). The third-order valence-corrected chi connectivity index (χ3v) is 2.13. The Morgan fingerprint density at radius 1 is 1.47 bits per heavy atom. The predicted molar refractivity (Wildman–Crippen MR) is 58.8 cm³/mol. The van der Waals surface area contributed by atoms with Crippen LogP contribution in [0.4, 0.5) is 10.5 Å². The number of H-pyrrole nitrogens is 1. The van der Waals surface area contributed by atoms with E-state index in [-0.39, 0.29) is 6.03 Å². The molecule has 15 heavy (non-hydrogen) atoms. The molecule has 2 amide bonds. The molecule has 0 unspecified atom stereocenters. The van der Waals surface area contributed by atoms with Gasteiger partial charge in [-0.2, -0.15) is 5.10 Å². The van der Waals surface area contributed by atoms with Gasteiger partial charge in [-0.25, -0.2) is 4.79 Å². The van der Waals surface area contributed by atoms with Gasteiger partial charge in [0.25, 0.3) is 0 Å². The smallest absolute Gasteiger partial charge is 0.321 e. The van der Waals surface area contributed by atoms with Gasteiger partial charge in [0.2, 0.25) is 0 Å². The monoisotopic (exact) mass is 204 g/mol. The van der Waals surface area contributed by atoms with Crippen molar-refractivity contribution in [2.45, 2.75) is 0 Å². The molecule has 5 heteroatoms. The van der Waals surface area contributed by atoms with E-state index in [2.05, 4.69) is 15.5 Å². The normalized spacial score (nSPS) is 10.3. The van der Waals surface area contributed by atoms with Crippen LogP contribution in [-0.4, -0.2) is 35.2 Å². The molecule has 0 saturated carbocycles. The highest BCUT2D eigenvalue weighted by molar-refractivity contribution is 5.99. The number of nitrogens with one attached hydrogen (secondary N) is 2. The van der Waals surface area contributed by atoms with Crippen molar-refractivity contribution in [3.63, 3.8) is 0 Å². The van der Waals surface area contributed by atoms with Crippen LogP contribution in [0.5, 0.6) is 0 Å². The van der Waals surface area contributed by atoms with Crippen molar-refractivity contribution in [3.05, 3.63) is 24.4 Å². The van der Waals surface area contributed by atoms with Crippen molar-refractivity contribution in [3.8, 4) is 0 Å². The van der Waals surface area contributed by atoms with E-state index in [0.29, 0.717) is 0 Å². The zero-order chi connectivity index (χ0) is 10.8. The quantitative estimate of drug-likeness (QED) is 0.742. The average Bonchev–Trinajstić information content (AvgIpc) is 2.66. The number of hydrogen-bond donors (Lipinski definition) is 2. The molecule has 0 aliphatic rings. The number of anilines is 1. The summed E-state index contributed by atoms with van der Waals surface area (Å²) in [6.45, 7) is 0. The molecule has 1 aromatic heterocycles. The molecule has 2 N–H and O–H groups in total. The predicted octanol–water partition coefficient (Wildman–Crippen LogP) is 1.66. The molecule has 2 aromatic rings. The molecule has 0 bridgehead atoms. The third kappa shape index (κ3) is 1.76. The van der Waals surface area contributed by atoms with Gasteiger partial charge in [-0.3, -0.25) is 5.10 Å². The Hall–Kier alpha value is -2.04. The lowest BCUT2D eigenvalue weighted by Gasteiger charge is -2.12. The maximum atomic E-state index is 11.5. The van der Waals surface area contributed by atoms with E-state index in [9.17, 15) is 4.79 Å². The SMILES string of the molecule is CN(C)C(=O)Nc1cccc2[nH]ncc12. The molecule has 1 heterocycles. The summed E-state index contributed by atoms with van der Waals surface area (Å²) >= 11 is 0. The first-order valence-corrected chi connectivity index (χ1v) is 4.59. The fourth-order valence-electron chi connectivity index (χ4n) is 1.30. The number of aromatic nitrogens is 2. The van der Waals surface area contributed by atoms with Crippen molar-refractivity contribution < 1.29 is 4.79 Å². The van der Waals surface area contributed by atoms with Gasteiger partial charge >= 0.3 is 6.03 Å². The Morgan fingerprint density at radius 3 is 3.00 bits per heavy atom. The van der Waals surface area contributed by atoms with Crippen LogP contribution in [0.25, 0.3) is 10.9 Å². The van der Waals surface area contributed by atoms with Crippen LogP contribution in [0.2, 0.25) is 0 Å². The second-order valence-electron chi connectivity index (χ2n) is 3.46. The fourth-order valence-corrected chi connectivity index (χ4v) is 1.30. The molecular formula is C10H12N4O. The molecule has 0 aliphatic heterocycles. The summed E-state index contributed by atoms with van der Waals surface area (Å²) in [6, 6.07) is 5.47. The van der Waals surface area contributed by atoms with E-state index >= 15 is 0 Å². The molecule has 0 radical (unpaired) electrons. The number of urea groups is 1. The van der Waals surface area contributed by atoms with Crippen LogP contribution >= 0.6 is 0 Å². The lowest BCUT2D eigenvalue weighted by atomic mass is 10.2. The third-order valence-electron chi connectivity index (χ3n) is 2.13. The molecule has 1 aromatic carbocycles. The Balaban J connectivity index is 2.35. The Morgan fingerprint density at radius 2 is 2.27 bits per heavy atom. The van der Waals surface area contributed by atoms with E-state index in [1.165, 1.54) is 4.90 Å². The van der Waals surface area contributed by atoms with E-state index < -0.39 is 0 Å². The maximum Gasteiger partial charge on any atom is 0.321 e. The zero-order valence-corrected chi connectivity index (χ0v) is 8.61. The highest BCUT2D eigenvalue weighted by Gasteiger charge is 2.07. The summed E-state index contributed by atoms with van der Waals surface area (Å²) in [7, 11) is 3.40. The van der Waals surface area contributed by atoms with Gasteiger partial charge in [0.15, 0.2) is 0 Å². The van der Waals surface area contributed by atoms with Crippen molar-refractivity contribution in [1.82, 2.24) is 15.1 Å². The largest absolute Gasteiger partial charge is 0.331 e. The number of rotatable bonds is 1. The number of aromatic amines is 1. The van der Waals surface area contributed by atoms with Gasteiger partial charge in [-0.1, -0.05) is 6.07 Å². The summed E-state index contributed by atoms with van der Waals surface area (Å²) in [4.78, 5) is 12.9. The maximum absolute atomic E-state index is 11.5. The van der Waals surface area contributed by atoms with Crippen molar-refractivity contribution >= 4 is 22.6 Å².